The van der Waals surface area contributed by atoms with Crippen LogP contribution < -0.4 is 0 Å². The minimum absolute atomic E-state index is 0.517. The van der Waals surface area contributed by atoms with Crippen molar-refractivity contribution >= 4 is 22.9 Å². The molecule has 4 heteroatoms. The number of rotatable bonds is 5. The van der Waals surface area contributed by atoms with E-state index in [9.17, 15) is 0 Å². The summed E-state index contributed by atoms with van der Waals surface area (Å²) >= 11 is 7.39. The molecule has 0 amide bonds. The van der Waals surface area contributed by atoms with Gasteiger partial charge in [0.2, 0.25) is 0 Å². The smallest absolute Gasteiger partial charge is 0.107 e. The van der Waals surface area contributed by atoms with Gasteiger partial charge in [-0.3, -0.25) is 4.90 Å². The maximum Gasteiger partial charge on any atom is 0.107 e. The number of aromatic nitrogens is 1. The standard InChI is InChI=1S/C10H17ClN2S/c1-4-8(2)13(3)6-10-12-9(5-11)7-14-10/h7-8H,4-6H2,1-3H3. The summed E-state index contributed by atoms with van der Waals surface area (Å²) in [5.41, 5.74) is 0.990. The number of nitrogens with zero attached hydrogens (tertiary/aromatic N) is 2. The average molecular weight is 233 g/mol. The van der Waals surface area contributed by atoms with Gasteiger partial charge in [0.25, 0.3) is 0 Å². The third kappa shape index (κ3) is 3.23. The maximum absolute atomic E-state index is 5.70. The molecule has 0 aliphatic rings. The first-order valence-electron chi connectivity index (χ1n) is 4.86. The molecule has 0 aliphatic heterocycles. The molecule has 0 radical (unpaired) electrons. The molecule has 0 aromatic carbocycles. The second kappa shape index (κ2) is 5.69. The highest BCUT2D eigenvalue weighted by atomic mass is 35.5. The average Bonchev–Trinajstić information content (AvgIpc) is 2.64. The first-order valence-corrected chi connectivity index (χ1v) is 6.28. The third-order valence-corrected chi connectivity index (χ3v) is 3.62. The minimum Gasteiger partial charge on any atom is -0.297 e. The molecule has 1 unspecified atom stereocenters. The van der Waals surface area contributed by atoms with Gasteiger partial charge in [-0.15, -0.1) is 22.9 Å². The summed E-state index contributed by atoms with van der Waals surface area (Å²) in [5, 5.41) is 3.19. The van der Waals surface area contributed by atoms with Crippen LogP contribution in [0.1, 0.15) is 31.0 Å². The number of hydrogen-bond acceptors (Lipinski definition) is 3. The maximum atomic E-state index is 5.70. The molecule has 1 aromatic heterocycles. The van der Waals surface area contributed by atoms with E-state index in [0.29, 0.717) is 11.9 Å². The zero-order chi connectivity index (χ0) is 10.6. The highest BCUT2D eigenvalue weighted by Crippen LogP contribution is 2.14. The van der Waals surface area contributed by atoms with Crippen LogP contribution in [0.3, 0.4) is 0 Å². The van der Waals surface area contributed by atoms with E-state index in [1.807, 2.05) is 5.38 Å². The molecule has 0 fully saturated rings. The summed E-state index contributed by atoms with van der Waals surface area (Å²) in [7, 11) is 2.13. The van der Waals surface area contributed by atoms with Crippen molar-refractivity contribution in [3.8, 4) is 0 Å². The van der Waals surface area contributed by atoms with Crippen molar-refractivity contribution in [1.29, 1.82) is 0 Å². The fourth-order valence-corrected chi connectivity index (χ4v) is 2.25. The van der Waals surface area contributed by atoms with E-state index >= 15 is 0 Å². The summed E-state index contributed by atoms with van der Waals surface area (Å²) in [5.74, 6) is 0.517. The predicted octanol–water partition coefficient (Wildman–Crippen LogP) is 3.11. The Bertz CT molecular complexity index is 275. The molecule has 0 aliphatic carbocycles. The SMILES string of the molecule is CCC(C)N(C)Cc1nc(CCl)cs1. The minimum atomic E-state index is 0.517. The van der Waals surface area contributed by atoms with Crippen LogP contribution in [0.15, 0.2) is 5.38 Å². The van der Waals surface area contributed by atoms with E-state index in [2.05, 4.69) is 30.8 Å². The summed E-state index contributed by atoms with van der Waals surface area (Å²) in [6.07, 6.45) is 1.17. The Labute approximate surface area is 94.9 Å². The fraction of sp³-hybridized carbons (Fsp3) is 0.700. The molecule has 80 valence electrons. The third-order valence-electron chi connectivity index (χ3n) is 2.46. The van der Waals surface area contributed by atoms with E-state index in [0.717, 1.165) is 17.2 Å². The Morgan fingerprint density at radius 3 is 2.86 bits per heavy atom. The van der Waals surface area contributed by atoms with Crippen LogP contribution in [0.4, 0.5) is 0 Å². The van der Waals surface area contributed by atoms with Gasteiger partial charge in [-0.05, 0) is 20.4 Å². The molecule has 0 saturated heterocycles. The van der Waals surface area contributed by atoms with Crippen LogP contribution in [0.5, 0.6) is 0 Å². The summed E-state index contributed by atoms with van der Waals surface area (Å²) in [6, 6.07) is 0.610. The second-order valence-electron chi connectivity index (χ2n) is 3.54. The lowest BCUT2D eigenvalue weighted by Gasteiger charge is -2.21. The molecule has 2 nitrogen and oxygen atoms in total. The summed E-state index contributed by atoms with van der Waals surface area (Å²) < 4.78 is 0. The van der Waals surface area contributed by atoms with E-state index in [-0.39, 0.29) is 0 Å². The van der Waals surface area contributed by atoms with Crippen molar-refractivity contribution in [2.45, 2.75) is 38.7 Å². The lowest BCUT2D eigenvalue weighted by molar-refractivity contribution is 0.243. The van der Waals surface area contributed by atoms with Crippen molar-refractivity contribution in [2.75, 3.05) is 7.05 Å². The number of alkyl halides is 1. The van der Waals surface area contributed by atoms with Gasteiger partial charge in [-0.1, -0.05) is 6.92 Å². The number of halogens is 1. The first kappa shape index (κ1) is 12.0. The molecule has 1 aromatic rings. The zero-order valence-electron chi connectivity index (χ0n) is 8.96. The van der Waals surface area contributed by atoms with Crippen LogP contribution in [0, 0.1) is 0 Å². The Balaban J connectivity index is 2.51. The summed E-state index contributed by atoms with van der Waals surface area (Å²) in [4.78, 5) is 6.75. The van der Waals surface area contributed by atoms with Crippen molar-refractivity contribution in [1.82, 2.24) is 9.88 Å². The quantitative estimate of drug-likeness (QED) is 0.726. The van der Waals surface area contributed by atoms with Crippen LogP contribution in [-0.2, 0) is 12.4 Å². The predicted molar refractivity (Wildman–Crippen MR) is 62.9 cm³/mol. The summed E-state index contributed by atoms with van der Waals surface area (Å²) in [6.45, 7) is 5.36. The van der Waals surface area contributed by atoms with Crippen molar-refractivity contribution < 1.29 is 0 Å². The molecule has 0 spiro atoms. The van der Waals surface area contributed by atoms with E-state index in [4.69, 9.17) is 11.6 Å². The largest absolute Gasteiger partial charge is 0.297 e. The molecule has 14 heavy (non-hydrogen) atoms. The molecule has 0 N–H and O–H groups in total. The Morgan fingerprint density at radius 2 is 2.36 bits per heavy atom. The van der Waals surface area contributed by atoms with Gasteiger partial charge >= 0.3 is 0 Å². The van der Waals surface area contributed by atoms with Crippen molar-refractivity contribution in [2.24, 2.45) is 0 Å². The van der Waals surface area contributed by atoms with Crippen LogP contribution in [0.2, 0.25) is 0 Å². The Hall–Kier alpha value is -0.120. The van der Waals surface area contributed by atoms with Crippen LogP contribution in [-0.4, -0.2) is 23.0 Å². The highest BCUT2D eigenvalue weighted by molar-refractivity contribution is 7.09. The van der Waals surface area contributed by atoms with Gasteiger partial charge in [0, 0.05) is 11.4 Å². The molecular weight excluding hydrogens is 216 g/mol. The molecular formula is C10H17ClN2S. The Kier molecular flexibility index (Phi) is 4.85. The van der Waals surface area contributed by atoms with Gasteiger partial charge in [-0.2, -0.15) is 0 Å². The van der Waals surface area contributed by atoms with Gasteiger partial charge in [0.05, 0.1) is 18.1 Å². The van der Waals surface area contributed by atoms with Gasteiger partial charge < -0.3 is 0 Å². The lowest BCUT2D eigenvalue weighted by Crippen LogP contribution is -2.27. The van der Waals surface area contributed by atoms with E-state index in [1.54, 1.807) is 11.3 Å². The molecule has 0 bridgehead atoms. The van der Waals surface area contributed by atoms with E-state index in [1.165, 1.54) is 6.42 Å². The lowest BCUT2D eigenvalue weighted by atomic mass is 10.2. The topological polar surface area (TPSA) is 16.1 Å². The van der Waals surface area contributed by atoms with Gasteiger partial charge in [-0.25, -0.2) is 4.98 Å². The zero-order valence-corrected chi connectivity index (χ0v) is 10.5. The fourth-order valence-electron chi connectivity index (χ4n) is 1.16. The van der Waals surface area contributed by atoms with Crippen LogP contribution in [0.25, 0.3) is 0 Å². The first-order chi connectivity index (χ1) is 6.67. The van der Waals surface area contributed by atoms with Crippen LogP contribution >= 0.6 is 22.9 Å². The van der Waals surface area contributed by atoms with Gasteiger partial charge in [0.15, 0.2) is 0 Å². The number of hydrogen-bond donors (Lipinski definition) is 0. The second-order valence-corrected chi connectivity index (χ2v) is 4.75. The monoisotopic (exact) mass is 232 g/mol. The molecule has 1 heterocycles. The normalized spacial score (nSPS) is 13.5. The molecule has 1 rings (SSSR count). The molecule has 0 saturated carbocycles. The number of thiazole rings is 1. The van der Waals surface area contributed by atoms with Crippen molar-refractivity contribution in [3.05, 3.63) is 16.1 Å². The van der Waals surface area contributed by atoms with E-state index < -0.39 is 0 Å². The Morgan fingerprint density at radius 1 is 1.64 bits per heavy atom. The highest BCUT2D eigenvalue weighted by Gasteiger charge is 2.09. The van der Waals surface area contributed by atoms with Crippen molar-refractivity contribution in [3.63, 3.8) is 0 Å². The van der Waals surface area contributed by atoms with Gasteiger partial charge in [0.1, 0.15) is 5.01 Å². The molecule has 1 atom stereocenters.